The molecular formula is C28H27ClN6O2S. The molecule has 1 aliphatic rings. The van der Waals surface area contributed by atoms with Gasteiger partial charge in [0.2, 0.25) is 5.91 Å². The first-order chi connectivity index (χ1) is 18.5. The van der Waals surface area contributed by atoms with Crippen molar-refractivity contribution < 1.29 is 9.53 Å². The van der Waals surface area contributed by atoms with Gasteiger partial charge in [0.15, 0.2) is 11.0 Å². The first-order valence-corrected chi connectivity index (χ1v) is 13.7. The standard InChI is InChI=1S/C28H27ClN6O2S/c1-18-19(2)34(16-23-9-6-14-37-23)27(24(18)15-30)31-25(36)17-38-28-33-32-26(20-7-4-3-5-8-20)35(28)22-12-10-21(29)11-13-22/h3-5,7-8,10-13,23H,6,9,14,16-17H2,1-2H3,(H,31,36)/t23-/m1/s1. The number of anilines is 1. The van der Waals surface area contributed by atoms with Gasteiger partial charge in [-0.1, -0.05) is 53.7 Å². The van der Waals surface area contributed by atoms with E-state index in [1.807, 2.05) is 77.6 Å². The van der Waals surface area contributed by atoms with Crippen molar-refractivity contribution in [3.63, 3.8) is 0 Å². The van der Waals surface area contributed by atoms with E-state index >= 15 is 0 Å². The van der Waals surface area contributed by atoms with Crippen molar-refractivity contribution in [1.29, 1.82) is 5.26 Å². The van der Waals surface area contributed by atoms with Crippen molar-refractivity contribution in [2.75, 3.05) is 17.7 Å². The molecule has 0 saturated carbocycles. The number of rotatable bonds is 8. The van der Waals surface area contributed by atoms with Gasteiger partial charge in [-0.2, -0.15) is 5.26 Å². The zero-order chi connectivity index (χ0) is 26.6. The van der Waals surface area contributed by atoms with Crippen LogP contribution < -0.4 is 5.32 Å². The van der Waals surface area contributed by atoms with Crippen LogP contribution in [0.25, 0.3) is 17.1 Å². The number of hydrogen-bond donors (Lipinski definition) is 1. The highest BCUT2D eigenvalue weighted by Crippen LogP contribution is 2.31. The minimum absolute atomic E-state index is 0.0754. The summed E-state index contributed by atoms with van der Waals surface area (Å²) in [5, 5.41) is 22.8. The fraction of sp³-hybridized carbons (Fsp3) is 0.286. The van der Waals surface area contributed by atoms with Gasteiger partial charge >= 0.3 is 0 Å². The molecule has 1 atom stereocenters. The number of nitrogens with one attached hydrogen (secondary N) is 1. The Morgan fingerprint density at radius 3 is 2.63 bits per heavy atom. The average Bonchev–Trinajstić information content (AvgIpc) is 3.65. The van der Waals surface area contributed by atoms with Crippen LogP contribution in [0.1, 0.15) is 29.7 Å². The lowest BCUT2D eigenvalue weighted by Gasteiger charge is -2.17. The summed E-state index contributed by atoms with van der Waals surface area (Å²) >= 11 is 7.40. The second-order valence-electron chi connectivity index (χ2n) is 9.11. The minimum Gasteiger partial charge on any atom is -0.376 e. The third kappa shape index (κ3) is 5.34. The highest BCUT2D eigenvalue weighted by molar-refractivity contribution is 7.99. The molecule has 1 fully saturated rings. The smallest absolute Gasteiger partial charge is 0.235 e. The molecule has 4 aromatic rings. The Balaban J connectivity index is 1.39. The number of halogens is 1. The summed E-state index contributed by atoms with van der Waals surface area (Å²) < 4.78 is 9.73. The largest absolute Gasteiger partial charge is 0.376 e. The van der Waals surface area contributed by atoms with Crippen LogP contribution in [0.3, 0.4) is 0 Å². The highest BCUT2D eigenvalue weighted by Gasteiger charge is 2.24. The normalized spacial score (nSPS) is 14.9. The molecule has 1 saturated heterocycles. The van der Waals surface area contributed by atoms with Gasteiger partial charge in [0, 0.05) is 28.6 Å². The van der Waals surface area contributed by atoms with Crippen LogP contribution in [-0.2, 0) is 16.1 Å². The fourth-order valence-electron chi connectivity index (χ4n) is 4.61. The molecule has 0 aliphatic carbocycles. The molecule has 0 unspecified atom stereocenters. The van der Waals surface area contributed by atoms with Gasteiger partial charge in [-0.25, -0.2) is 0 Å². The number of hydrogen-bond acceptors (Lipinski definition) is 6. The molecular weight excluding hydrogens is 520 g/mol. The zero-order valence-electron chi connectivity index (χ0n) is 21.1. The summed E-state index contributed by atoms with van der Waals surface area (Å²) in [6.45, 7) is 5.22. The molecule has 3 heterocycles. The first kappa shape index (κ1) is 26.0. The molecule has 194 valence electrons. The molecule has 1 N–H and O–H groups in total. The van der Waals surface area contributed by atoms with E-state index in [2.05, 4.69) is 21.6 Å². The monoisotopic (exact) mass is 546 g/mol. The number of aromatic nitrogens is 4. The van der Waals surface area contributed by atoms with Gasteiger partial charge in [-0.15, -0.1) is 10.2 Å². The summed E-state index contributed by atoms with van der Waals surface area (Å²) in [5.41, 5.74) is 4.04. The number of amides is 1. The molecule has 10 heteroatoms. The maximum atomic E-state index is 13.2. The summed E-state index contributed by atoms with van der Waals surface area (Å²) in [6, 6.07) is 19.4. The third-order valence-electron chi connectivity index (χ3n) is 6.69. The predicted molar refractivity (Wildman–Crippen MR) is 149 cm³/mol. The number of thioether (sulfide) groups is 1. The van der Waals surface area contributed by atoms with Crippen molar-refractivity contribution in [3.8, 4) is 23.1 Å². The zero-order valence-corrected chi connectivity index (χ0v) is 22.7. The Morgan fingerprint density at radius 2 is 1.95 bits per heavy atom. The van der Waals surface area contributed by atoms with E-state index < -0.39 is 0 Å². The van der Waals surface area contributed by atoms with Crippen molar-refractivity contribution in [2.45, 2.75) is 44.5 Å². The van der Waals surface area contributed by atoms with Crippen molar-refractivity contribution in [1.82, 2.24) is 19.3 Å². The number of nitrogens with zero attached hydrogens (tertiary/aromatic N) is 5. The molecule has 0 bridgehead atoms. The Bertz CT molecular complexity index is 1480. The minimum atomic E-state index is -0.232. The van der Waals surface area contributed by atoms with E-state index in [0.717, 1.165) is 42.0 Å². The van der Waals surface area contributed by atoms with Gasteiger partial charge in [-0.05, 0) is 56.5 Å². The van der Waals surface area contributed by atoms with E-state index in [4.69, 9.17) is 16.3 Å². The second-order valence-corrected chi connectivity index (χ2v) is 10.5. The number of carbonyl (C=O) groups excluding carboxylic acids is 1. The lowest BCUT2D eigenvalue weighted by Crippen LogP contribution is -2.22. The van der Waals surface area contributed by atoms with E-state index in [-0.39, 0.29) is 17.8 Å². The number of nitriles is 1. The highest BCUT2D eigenvalue weighted by atomic mass is 35.5. The van der Waals surface area contributed by atoms with Gasteiger partial charge in [0.1, 0.15) is 11.9 Å². The number of carbonyl (C=O) groups is 1. The number of benzene rings is 2. The summed E-state index contributed by atoms with van der Waals surface area (Å²) in [7, 11) is 0. The average molecular weight is 547 g/mol. The van der Waals surface area contributed by atoms with Crippen LogP contribution in [0.2, 0.25) is 5.02 Å². The predicted octanol–water partition coefficient (Wildman–Crippen LogP) is 5.79. The molecule has 1 aliphatic heterocycles. The SMILES string of the molecule is Cc1c(C#N)c(NC(=O)CSc2nnc(-c3ccccc3)n2-c2ccc(Cl)cc2)n(C[C@H]2CCCO2)c1C. The molecule has 2 aromatic carbocycles. The van der Waals surface area contributed by atoms with Gasteiger partial charge in [0.25, 0.3) is 0 Å². The molecule has 38 heavy (non-hydrogen) atoms. The van der Waals surface area contributed by atoms with E-state index in [1.165, 1.54) is 11.8 Å². The maximum absolute atomic E-state index is 13.2. The van der Waals surface area contributed by atoms with Gasteiger partial charge < -0.3 is 14.6 Å². The van der Waals surface area contributed by atoms with Crippen molar-refractivity contribution in [3.05, 3.63) is 76.4 Å². The Morgan fingerprint density at radius 1 is 1.18 bits per heavy atom. The quantitative estimate of drug-likeness (QED) is 0.281. The Hall–Kier alpha value is -3.58. The third-order valence-corrected chi connectivity index (χ3v) is 7.87. The molecule has 0 spiro atoms. The summed E-state index contributed by atoms with van der Waals surface area (Å²) in [5.74, 6) is 1.05. The maximum Gasteiger partial charge on any atom is 0.235 e. The van der Waals surface area contributed by atoms with Crippen LogP contribution >= 0.6 is 23.4 Å². The van der Waals surface area contributed by atoms with Crippen molar-refractivity contribution in [2.24, 2.45) is 0 Å². The van der Waals surface area contributed by atoms with E-state index in [9.17, 15) is 10.1 Å². The van der Waals surface area contributed by atoms with Crippen LogP contribution in [0, 0.1) is 25.2 Å². The van der Waals surface area contributed by atoms with E-state index in [0.29, 0.717) is 33.9 Å². The molecule has 2 aromatic heterocycles. The van der Waals surface area contributed by atoms with E-state index in [1.54, 1.807) is 0 Å². The summed E-state index contributed by atoms with van der Waals surface area (Å²) in [4.78, 5) is 13.2. The van der Waals surface area contributed by atoms with Crippen LogP contribution in [-0.4, -0.2) is 43.7 Å². The lowest BCUT2D eigenvalue weighted by atomic mass is 10.2. The number of ether oxygens (including phenoxy) is 1. The van der Waals surface area contributed by atoms with Gasteiger partial charge in [-0.3, -0.25) is 9.36 Å². The molecule has 0 radical (unpaired) electrons. The fourth-order valence-corrected chi connectivity index (χ4v) is 5.49. The molecule has 5 rings (SSSR count). The molecule has 8 nitrogen and oxygen atoms in total. The summed E-state index contributed by atoms with van der Waals surface area (Å²) in [6.07, 6.45) is 2.06. The van der Waals surface area contributed by atoms with Crippen LogP contribution in [0.4, 0.5) is 5.82 Å². The molecule has 1 amide bonds. The lowest BCUT2D eigenvalue weighted by molar-refractivity contribution is -0.113. The Kier molecular flexibility index (Phi) is 7.84. The Labute approximate surface area is 230 Å². The first-order valence-electron chi connectivity index (χ1n) is 12.4. The van der Waals surface area contributed by atoms with Crippen LogP contribution in [0.5, 0.6) is 0 Å². The van der Waals surface area contributed by atoms with Crippen LogP contribution in [0.15, 0.2) is 59.8 Å². The topological polar surface area (TPSA) is 97.8 Å². The van der Waals surface area contributed by atoms with Crippen molar-refractivity contribution >= 4 is 35.1 Å². The second kappa shape index (κ2) is 11.4. The van der Waals surface area contributed by atoms with Gasteiger partial charge in [0.05, 0.1) is 24.0 Å².